The van der Waals surface area contributed by atoms with Gasteiger partial charge in [-0.1, -0.05) is 12.1 Å². The Kier molecular flexibility index (Phi) is 5.64. The molecule has 0 aliphatic carbocycles. The summed E-state index contributed by atoms with van der Waals surface area (Å²) >= 11 is 0. The first-order chi connectivity index (χ1) is 13.5. The number of rotatable bonds is 6. The molecule has 144 valence electrons. The van der Waals surface area contributed by atoms with Crippen LogP contribution in [0.5, 0.6) is 0 Å². The maximum absolute atomic E-state index is 13.9. The van der Waals surface area contributed by atoms with Crippen LogP contribution < -0.4 is 16.4 Å². The van der Waals surface area contributed by atoms with Gasteiger partial charge in [-0.25, -0.2) is 23.5 Å². The van der Waals surface area contributed by atoms with Crippen LogP contribution >= 0.6 is 0 Å². The molecule has 2 aromatic carbocycles. The number of esters is 1. The van der Waals surface area contributed by atoms with E-state index in [-0.39, 0.29) is 29.6 Å². The molecule has 1 heterocycles. The van der Waals surface area contributed by atoms with E-state index in [1.807, 2.05) is 0 Å². The number of hydrogen-bond acceptors (Lipinski definition) is 7. The first-order valence-corrected chi connectivity index (χ1v) is 8.35. The summed E-state index contributed by atoms with van der Waals surface area (Å²) in [6.07, 6.45) is 1.20. The lowest BCUT2D eigenvalue weighted by atomic mass is 10.2. The topological polar surface area (TPSA) is 102 Å². The van der Waals surface area contributed by atoms with E-state index in [0.717, 1.165) is 18.2 Å². The number of ether oxygens (including phenoxy) is 1. The van der Waals surface area contributed by atoms with E-state index in [1.165, 1.54) is 6.33 Å². The Morgan fingerprint density at radius 2 is 1.75 bits per heavy atom. The quantitative estimate of drug-likeness (QED) is 0.551. The van der Waals surface area contributed by atoms with Gasteiger partial charge in [0.15, 0.2) is 11.6 Å². The van der Waals surface area contributed by atoms with Crippen LogP contribution in [0.4, 0.5) is 37.5 Å². The highest BCUT2D eigenvalue weighted by atomic mass is 19.1. The van der Waals surface area contributed by atoms with Crippen molar-refractivity contribution in [2.75, 3.05) is 23.0 Å². The predicted molar refractivity (Wildman–Crippen MR) is 102 cm³/mol. The molecule has 0 amide bonds. The Bertz CT molecular complexity index is 1010. The van der Waals surface area contributed by atoms with Gasteiger partial charge >= 0.3 is 5.97 Å². The van der Waals surface area contributed by atoms with E-state index in [4.69, 9.17) is 10.5 Å². The fraction of sp³-hybridized carbons (Fsp3) is 0.105. The van der Waals surface area contributed by atoms with E-state index in [0.29, 0.717) is 11.3 Å². The second-order valence-electron chi connectivity index (χ2n) is 5.62. The van der Waals surface area contributed by atoms with Crippen LogP contribution in [0.25, 0.3) is 0 Å². The van der Waals surface area contributed by atoms with Crippen LogP contribution in [0.3, 0.4) is 0 Å². The van der Waals surface area contributed by atoms with Crippen LogP contribution in [0, 0.1) is 11.6 Å². The van der Waals surface area contributed by atoms with Gasteiger partial charge in [0.05, 0.1) is 23.5 Å². The number of carbonyl (C=O) groups excluding carboxylic acids is 1. The minimum absolute atomic E-state index is 0.0600. The predicted octanol–water partition coefficient (Wildman–Crippen LogP) is 4.00. The van der Waals surface area contributed by atoms with Gasteiger partial charge in [-0.2, -0.15) is 0 Å². The average Bonchev–Trinajstić information content (AvgIpc) is 2.68. The molecule has 0 saturated carbocycles. The minimum Gasteiger partial charge on any atom is -0.462 e. The monoisotopic (exact) mass is 385 g/mol. The van der Waals surface area contributed by atoms with Crippen molar-refractivity contribution >= 4 is 34.7 Å². The highest BCUT2D eigenvalue weighted by molar-refractivity contribution is 5.97. The average molecular weight is 385 g/mol. The molecule has 0 bridgehead atoms. The number of aromatic nitrogens is 2. The molecule has 0 spiro atoms. The van der Waals surface area contributed by atoms with E-state index in [9.17, 15) is 13.6 Å². The lowest BCUT2D eigenvalue weighted by molar-refractivity contribution is 0.0527. The zero-order valence-corrected chi connectivity index (χ0v) is 14.9. The third kappa shape index (κ3) is 4.14. The fourth-order valence-electron chi connectivity index (χ4n) is 2.42. The molecule has 4 N–H and O–H groups in total. The zero-order chi connectivity index (χ0) is 20.1. The number of nitrogens with two attached hydrogens (primary N) is 1. The molecule has 9 heteroatoms. The van der Waals surface area contributed by atoms with Crippen molar-refractivity contribution < 1.29 is 18.3 Å². The summed E-state index contributed by atoms with van der Waals surface area (Å²) in [5, 5.41) is 5.59. The molecule has 0 unspecified atom stereocenters. The van der Waals surface area contributed by atoms with Crippen molar-refractivity contribution in [2.45, 2.75) is 6.92 Å². The van der Waals surface area contributed by atoms with E-state index >= 15 is 0 Å². The summed E-state index contributed by atoms with van der Waals surface area (Å²) in [5.74, 6) is -1.51. The minimum atomic E-state index is -0.665. The number of hydrogen-bond donors (Lipinski definition) is 3. The van der Waals surface area contributed by atoms with Gasteiger partial charge in [-0.15, -0.1) is 0 Å². The molecule has 1 aromatic heterocycles. The summed E-state index contributed by atoms with van der Waals surface area (Å²) in [4.78, 5) is 20.1. The van der Waals surface area contributed by atoms with Gasteiger partial charge < -0.3 is 21.1 Å². The number of anilines is 5. The van der Waals surface area contributed by atoms with E-state index < -0.39 is 17.6 Å². The molecule has 0 aliphatic rings. The molecule has 3 rings (SSSR count). The second kappa shape index (κ2) is 8.30. The standard InChI is InChI=1S/C19H17F2N5O2/c1-2-28-19(27)12-5-3-4-6-14(12)25-17-16(22)18(24-10-23-17)26-15-9-11(20)7-8-13(15)21/h3-10H,2,22H2,1H3,(H2,23,24,25,26). The molecule has 0 radical (unpaired) electrons. The van der Waals surface area contributed by atoms with Crippen LogP contribution in [0.15, 0.2) is 48.8 Å². The highest BCUT2D eigenvalue weighted by Gasteiger charge is 2.15. The SMILES string of the molecule is CCOC(=O)c1ccccc1Nc1ncnc(Nc2cc(F)ccc2F)c1N. The second-order valence-corrected chi connectivity index (χ2v) is 5.62. The summed E-state index contributed by atoms with van der Waals surface area (Å²) in [5.41, 5.74) is 6.73. The molecular weight excluding hydrogens is 368 g/mol. The summed E-state index contributed by atoms with van der Waals surface area (Å²) in [7, 11) is 0. The van der Waals surface area contributed by atoms with Gasteiger partial charge in [-0.3, -0.25) is 0 Å². The number of carbonyl (C=O) groups is 1. The number of halogens is 2. The normalized spacial score (nSPS) is 10.4. The molecular formula is C19H17F2N5O2. The smallest absolute Gasteiger partial charge is 0.340 e. The number of nitrogens with zero attached hydrogens (tertiary/aromatic N) is 2. The van der Waals surface area contributed by atoms with Crippen LogP contribution in [0.2, 0.25) is 0 Å². The lowest BCUT2D eigenvalue weighted by Crippen LogP contribution is -2.10. The van der Waals surface area contributed by atoms with Crippen LogP contribution in [-0.2, 0) is 4.74 Å². The van der Waals surface area contributed by atoms with Gasteiger partial charge in [0.1, 0.15) is 23.6 Å². The van der Waals surface area contributed by atoms with Crippen molar-refractivity contribution in [3.8, 4) is 0 Å². The van der Waals surface area contributed by atoms with Crippen molar-refractivity contribution in [3.63, 3.8) is 0 Å². The Labute approximate surface area is 159 Å². The maximum Gasteiger partial charge on any atom is 0.340 e. The van der Waals surface area contributed by atoms with Gasteiger partial charge in [0, 0.05) is 6.07 Å². The molecule has 0 saturated heterocycles. The number of nitrogen functional groups attached to an aromatic ring is 1. The number of para-hydroxylation sites is 1. The molecule has 3 aromatic rings. The van der Waals surface area contributed by atoms with Crippen LogP contribution in [-0.4, -0.2) is 22.5 Å². The number of nitrogens with one attached hydrogen (secondary N) is 2. The fourth-order valence-corrected chi connectivity index (χ4v) is 2.42. The van der Waals surface area contributed by atoms with Crippen molar-refractivity contribution in [2.24, 2.45) is 0 Å². The highest BCUT2D eigenvalue weighted by Crippen LogP contribution is 2.30. The summed E-state index contributed by atoms with van der Waals surface area (Å²) in [6, 6.07) is 9.66. The Hall–Kier alpha value is -3.75. The molecule has 0 aliphatic heterocycles. The molecule has 28 heavy (non-hydrogen) atoms. The Balaban J connectivity index is 1.90. The van der Waals surface area contributed by atoms with Gasteiger partial charge in [0.2, 0.25) is 0 Å². The maximum atomic E-state index is 13.9. The first kappa shape index (κ1) is 19.0. The third-order valence-corrected chi connectivity index (χ3v) is 3.74. The van der Waals surface area contributed by atoms with Crippen LogP contribution in [0.1, 0.15) is 17.3 Å². The summed E-state index contributed by atoms with van der Waals surface area (Å²) < 4.78 is 32.3. The third-order valence-electron chi connectivity index (χ3n) is 3.74. The van der Waals surface area contributed by atoms with Gasteiger partial charge in [0.25, 0.3) is 0 Å². The molecule has 7 nitrogen and oxygen atoms in total. The van der Waals surface area contributed by atoms with Crippen molar-refractivity contribution in [1.82, 2.24) is 9.97 Å². The van der Waals surface area contributed by atoms with Crippen molar-refractivity contribution in [3.05, 3.63) is 66.0 Å². The summed E-state index contributed by atoms with van der Waals surface area (Å²) in [6.45, 7) is 1.94. The Morgan fingerprint density at radius 1 is 1.07 bits per heavy atom. The van der Waals surface area contributed by atoms with E-state index in [1.54, 1.807) is 31.2 Å². The first-order valence-electron chi connectivity index (χ1n) is 8.35. The largest absolute Gasteiger partial charge is 0.462 e. The Morgan fingerprint density at radius 3 is 2.46 bits per heavy atom. The lowest BCUT2D eigenvalue weighted by Gasteiger charge is -2.14. The number of benzene rings is 2. The zero-order valence-electron chi connectivity index (χ0n) is 14.9. The van der Waals surface area contributed by atoms with E-state index in [2.05, 4.69) is 20.6 Å². The van der Waals surface area contributed by atoms with Crippen molar-refractivity contribution in [1.29, 1.82) is 0 Å². The van der Waals surface area contributed by atoms with Gasteiger partial charge in [-0.05, 0) is 31.2 Å². The molecule has 0 atom stereocenters. The molecule has 0 fully saturated rings.